The highest BCUT2D eigenvalue weighted by molar-refractivity contribution is 9.10. The average molecular weight is 424 g/mol. The molecule has 0 saturated carbocycles. The highest BCUT2D eigenvalue weighted by atomic mass is 79.9. The summed E-state index contributed by atoms with van der Waals surface area (Å²) in [4.78, 5) is 4.64. The minimum atomic E-state index is 0.522. The molecule has 130 valence electrons. The standard InChI is InChI=1S/C21H18BrN3S/c1-3-15-4-6-16(7-5-15)20-13-26-21(25-20)17(11-23)12-24-19-9-8-18(22)10-14(19)2/h4-10,12-13,24H,3H2,1-2H3. The Labute approximate surface area is 166 Å². The molecule has 0 fully saturated rings. The first-order chi connectivity index (χ1) is 12.6. The number of benzene rings is 2. The van der Waals surface area contributed by atoms with Crippen molar-refractivity contribution in [3.8, 4) is 17.3 Å². The van der Waals surface area contributed by atoms with Gasteiger partial charge < -0.3 is 5.32 Å². The zero-order chi connectivity index (χ0) is 18.5. The van der Waals surface area contributed by atoms with Crippen LogP contribution >= 0.6 is 27.3 Å². The van der Waals surface area contributed by atoms with Crippen LogP contribution in [0.5, 0.6) is 0 Å². The Kier molecular flexibility index (Phi) is 5.87. The van der Waals surface area contributed by atoms with Crippen molar-refractivity contribution in [1.29, 1.82) is 5.26 Å². The maximum absolute atomic E-state index is 9.52. The Balaban J connectivity index is 1.82. The van der Waals surface area contributed by atoms with Gasteiger partial charge in [0.25, 0.3) is 0 Å². The van der Waals surface area contributed by atoms with Gasteiger partial charge in [0.05, 0.1) is 5.69 Å². The molecule has 3 nitrogen and oxygen atoms in total. The van der Waals surface area contributed by atoms with Gasteiger partial charge in [0, 0.05) is 27.3 Å². The first kappa shape index (κ1) is 18.4. The number of allylic oxidation sites excluding steroid dienone is 1. The van der Waals surface area contributed by atoms with Crippen LogP contribution in [0.2, 0.25) is 0 Å². The van der Waals surface area contributed by atoms with Crippen LogP contribution in [0, 0.1) is 18.3 Å². The van der Waals surface area contributed by atoms with E-state index < -0.39 is 0 Å². The van der Waals surface area contributed by atoms with Gasteiger partial charge in [-0.25, -0.2) is 4.98 Å². The Morgan fingerprint density at radius 2 is 2.04 bits per heavy atom. The number of halogens is 1. The summed E-state index contributed by atoms with van der Waals surface area (Å²) in [6, 6.07) is 16.6. The summed E-state index contributed by atoms with van der Waals surface area (Å²) in [6.45, 7) is 4.16. The third-order valence-electron chi connectivity index (χ3n) is 4.07. The molecular formula is C21H18BrN3S. The Morgan fingerprint density at radius 1 is 1.27 bits per heavy atom. The molecule has 5 heteroatoms. The molecule has 0 aliphatic carbocycles. The lowest BCUT2D eigenvalue weighted by Crippen LogP contribution is -1.93. The molecule has 0 aliphatic heterocycles. The molecule has 0 bridgehead atoms. The van der Waals surface area contributed by atoms with E-state index in [2.05, 4.69) is 63.5 Å². The zero-order valence-electron chi connectivity index (χ0n) is 14.6. The highest BCUT2D eigenvalue weighted by Crippen LogP contribution is 2.27. The molecule has 3 aromatic rings. The molecule has 0 aliphatic rings. The number of aromatic nitrogens is 1. The summed E-state index contributed by atoms with van der Waals surface area (Å²) in [5, 5.41) is 15.4. The minimum absolute atomic E-state index is 0.522. The molecule has 1 heterocycles. The number of nitriles is 1. The van der Waals surface area contributed by atoms with E-state index in [-0.39, 0.29) is 0 Å². The molecule has 2 aromatic carbocycles. The van der Waals surface area contributed by atoms with Crippen LogP contribution in [0.4, 0.5) is 5.69 Å². The lowest BCUT2D eigenvalue weighted by atomic mass is 10.1. The Morgan fingerprint density at radius 3 is 2.69 bits per heavy atom. The van der Waals surface area contributed by atoms with Crippen molar-refractivity contribution in [2.45, 2.75) is 20.3 Å². The molecular weight excluding hydrogens is 406 g/mol. The van der Waals surface area contributed by atoms with Gasteiger partial charge in [0.1, 0.15) is 16.6 Å². The van der Waals surface area contributed by atoms with Crippen LogP contribution in [0.1, 0.15) is 23.1 Å². The number of hydrogen-bond acceptors (Lipinski definition) is 4. The second-order valence-corrected chi connectivity index (χ2v) is 7.64. The van der Waals surface area contributed by atoms with E-state index in [0.717, 1.165) is 33.4 Å². The molecule has 1 aromatic heterocycles. The first-order valence-corrected chi connectivity index (χ1v) is 9.96. The lowest BCUT2D eigenvalue weighted by Gasteiger charge is -2.06. The fraction of sp³-hybridized carbons (Fsp3) is 0.143. The minimum Gasteiger partial charge on any atom is -0.360 e. The zero-order valence-corrected chi connectivity index (χ0v) is 17.0. The summed E-state index contributed by atoms with van der Waals surface area (Å²) in [5.41, 5.74) is 5.86. The van der Waals surface area contributed by atoms with Gasteiger partial charge in [-0.1, -0.05) is 47.1 Å². The number of aryl methyl sites for hydroxylation is 2. The number of nitrogens with zero attached hydrogens (tertiary/aromatic N) is 2. The highest BCUT2D eigenvalue weighted by Gasteiger charge is 2.09. The Hall–Kier alpha value is -2.42. The lowest BCUT2D eigenvalue weighted by molar-refractivity contribution is 1.14. The topological polar surface area (TPSA) is 48.7 Å². The van der Waals surface area contributed by atoms with Crippen molar-refractivity contribution in [2.75, 3.05) is 5.32 Å². The summed E-state index contributed by atoms with van der Waals surface area (Å²) in [6.07, 6.45) is 2.74. The predicted molar refractivity (Wildman–Crippen MR) is 113 cm³/mol. The van der Waals surface area contributed by atoms with Crippen LogP contribution in [0.15, 0.2) is 58.5 Å². The van der Waals surface area contributed by atoms with Gasteiger partial charge >= 0.3 is 0 Å². The van der Waals surface area contributed by atoms with E-state index in [1.165, 1.54) is 16.9 Å². The predicted octanol–water partition coefficient (Wildman–Crippen LogP) is 6.42. The molecule has 3 rings (SSSR count). The van der Waals surface area contributed by atoms with E-state index in [9.17, 15) is 5.26 Å². The van der Waals surface area contributed by atoms with E-state index in [0.29, 0.717) is 10.6 Å². The van der Waals surface area contributed by atoms with Crippen LogP contribution in [0.25, 0.3) is 16.8 Å². The largest absolute Gasteiger partial charge is 0.360 e. The summed E-state index contributed by atoms with van der Waals surface area (Å²) >= 11 is 4.94. The quantitative estimate of drug-likeness (QED) is 0.481. The van der Waals surface area contributed by atoms with Crippen molar-refractivity contribution < 1.29 is 0 Å². The molecule has 0 atom stereocenters. The number of rotatable bonds is 5. The van der Waals surface area contributed by atoms with Crippen molar-refractivity contribution >= 4 is 38.5 Å². The second-order valence-electron chi connectivity index (χ2n) is 5.86. The van der Waals surface area contributed by atoms with E-state index in [1.54, 1.807) is 6.20 Å². The van der Waals surface area contributed by atoms with Gasteiger partial charge in [-0.3, -0.25) is 0 Å². The maximum Gasteiger partial charge on any atom is 0.136 e. The number of nitrogens with one attached hydrogen (secondary N) is 1. The SMILES string of the molecule is CCc1ccc(-c2csc(C(C#N)=CNc3ccc(Br)cc3C)n2)cc1. The molecule has 26 heavy (non-hydrogen) atoms. The van der Waals surface area contributed by atoms with Gasteiger partial charge in [0.2, 0.25) is 0 Å². The van der Waals surface area contributed by atoms with Crippen LogP contribution < -0.4 is 5.32 Å². The van der Waals surface area contributed by atoms with Crippen molar-refractivity contribution in [3.05, 3.63) is 74.7 Å². The first-order valence-electron chi connectivity index (χ1n) is 8.29. The van der Waals surface area contributed by atoms with Crippen LogP contribution in [-0.2, 0) is 6.42 Å². The normalized spacial score (nSPS) is 11.2. The monoisotopic (exact) mass is 423 g/mol. The molecule has 0 spiro atoms. The maximum atomic E-state index is 9.52. The van der Waals surface area contributed by atoms with Crippen LogP contribution in [0.3, 0.4) is 0 Å². The number of hydrogen-bond donors (Lipinski definition) is 1. The van der Waals surface area contributed by atoms with Gasteiger partial charge in [-0.15, -0.1) is 11.3 Å². The second kappa shape index (κ2) is 8.31. The number of thiazole rings is 1. The summed E-state index contributed by atoms with van der Waals surface area (Å²) < 4.78 is 1.03. The van der Waals surface area contributed by atoms with Gasteiger partial charge in [-0.05, 0) is 42.7 Å². The molecule has 1 N–H and O–H groups in total. The molecule has 0 unspecified atom stereocenters. The van der Waals surface area contributed by atoms with Crippen molar-refractivity contribution in [3.63, 3.8) is 0 Å². The fourth-order valence-corrected chi connectivity index (χ4v) is 3.79. The van der Waals surface area contributed by atoms with Crippen LogP contribution in [-0.4, -0.2) is 4.98 Å². The Bertz CT molecular complexity index is 981. The molecule has 0 saturated heterocycles. The molecule has 0 radical (unpaired) electrons. The van der Waals surface area contributed by atoms with Crippen molar-refractivity contribution in [2.24, 2.45) is 0 Å². The van der Waals surface area contributed by atoms with Crippen molar-refractivity contribution in [1.82, 2.24) is 4.98 Å². The molecule has 0 amide bonds. The third kappa shape index (κ3) is 4.21. The van der Waals surface area contributed by atoms with Gasteiger partial charge in [0.15, 0.2) is 0 Å². The average Bonchev–Trinajstić information content (AvgIpc) is 3.14. The van der Waals surface area contributed by atoms with Gasteiger partial charge in [-0.2, -0.15) is 5.26 Å². The van der Waals surface area contributed by atoms with E-state index >= 15 is 0 Å². The third-order valence-corrected chi connectivity index (χ3v) is 5.44. The summed E-state index contributed by atoms with van der Waals surface area (Å²) in [5.74, 6) is 0. The summed E-state index contributed by atoms with van der Waals surface area (Å²) in [7, 11) is 0. The smallest absolute Gasteiger partial charge is 0.136 e. The van der Waals surface area contributed by atoms with E-state index in [4.69, 9.17) is 0 Å². The fourth-order valence-electron chi connectivity index (χ4n) is 2.52. The van der Waals surface area contributed by atoms with E-state index in [1.807, 2.05) is 30.5 Å². The number of anilines is 1.